The van der Waals surface area contributed by atoms with Crippen LogP contribution >= 0.6 is 23.5 Å². The number of H-pyrrole nitrogens is 1. The third kappa shape index (κ3) is 4.18. The third-order valence-electron chi connectivity index (χ3n) is 4.94. The van der Waals surface area contributed by atoms with E-state index in [4.69, 9.17) is 5.73 Å². The molecule has 1 aromatic heterocycles. The van der Waals surface area contributed by atoms with Crippen molar-refractivity contribution < 1.29 is 19.5 Å². The number of rotatable bonds is 7. The van der Waals surface area contributed by atoms with Crippen LogP contribution in [0, 0.1) is 6.92 Å². The maximum atomic E-state index is 12.8. The fourth-order valence-corrected chi connectivity index (χ4v) is 5.72. The highest BCUT2D eigenvalue weighted by Crippen LogP contribution is 2.41. The standard InChI is InChI=1S/C19H20N6O4S2/c1-9-21-19(24-23-9)31-8-11-7-30-17-13(16(27)25(17)14(11)18(28)29)22-15(26)12(20)10-5-3-2-4-6-10/h2-6,12-13,17H,7-8,20H2,1H3,(H,22,26)(H,28,29)(H,21,23,24)/t12?,13?,17-/m0/s1. The van der Waals surface area contributed by atoms with E-state index in [2.05, 4.69) is 20.5 Å². The Morgan fingerprint density at radius 1 is 1.42 bits per heavy atom. The summed E-state index contributed by atoms with van der Waals surface area (Å²) in [6.07, 6.45) is 0. The van der Waals surface area contributed by atoms with Gasteiger partial charge >= 0.3 is 5.97 Å². The summed E-state index contributed by atoms with van der Waals surface area (Å²) in [5, 5.41) is 19.2. The molecular formula is C19H20N6O4S2. The van der Waals surface area contributed by atoms with Gasteiger partial charge in [0.2, 0.25) is 11.1 Å². The van der Waals surface area contributed by atoms with Crippen molar-refractivity contribution in [1.29, 1.82) is 0 Å². The van der Waals surface area contributed by atoms with E-state index in [-0.39, 0.29) is 5.70 Å². The first kappa shape index (κ1) is 21.4. The number of benzene rings is 1. The molecule has 1 saturated heterocycles. The molecule has 0 spiro atoms. The average molecular weight is 461 g/mol. The first-order chi connectivity index (χ1) is 14.9. The van der Waals surface area contributed by atoms with Crippen molar-refractivity contribution in [2.45, 2.75) is 29.5 Å². The number of carboxylic acids is 1. The van der Waals surface area contributed by atoms with Crippen molar-refractivity contribution in [2.24, 2.45) is 5.73 Å². The molecule has 5 N–H and O–H groups in total. The number of carbonyl (C=O) groups is 3. The number of fused-ring (bicyclic) bond motifs is 1. The van der Waals surface area contributed by atoms with Crippen LogP contribution in [0.2, 0.25) is 0 Å². The number of nitrogens with zero attached hydrogens (tertiary/aromatic N) is 3. The van der Waals surface area contributed by atoms with Gasteiger partial charge in [-0.15, -0.1) is 16.9 Å². The van der Waals surface area contributed by atoms with E-state index in [0.717, 1.165) is 0 Å². The number of nitrogens with one attached hydrogen (secondary N) is 2. The minimum Gasteiger partial charge on any atom is -0.477 e. The van der Waals surface area contributed by atoms with Gasteiger partial charge in [-0.1, -0.05) is 42.1 Å². The molecule has 0 saturated carbocycles. The van der Waals surface area contributed by atoms with Gasteiger partial charge in [0, 0.05) is 11.5 Å². The van der Waals surface area contributed by atoms with Crippen LogP contribution < -0.4 is 11.1 Å². The Hall–Kier alpha value is -2.83. The SMILES string of the molecule is Cc1nc(SCC2=C(C(=O)O)N3C(=O)C(NC(=O)C(N)c4ccccc4)[C@@H]3SC2)n[nH]1. The Labute approximate surface area is 186 Å². The monoisotopic (exact) mass is 460 g/mol. The summed E-state index contributed by atoms with van der Waals surface area (Å²) in [6, 6.07) is 7.12. The number of aromatic nitrogens is 3. The Morgan fingerprint density at radius 2 is 2.16 bits per heavy atom. The van der Waals surface area contributed by atoms with E-state index in [1.54, 1.807) is 31.2 Å². The van der Waals surface area contributed by atoms with E-state index in [1.807, 2.05) is 6.07 Å². The second-order valence-corrected chi connectivity index (χ2v) is 9.08. The number of hydrogen-bond donors (Lipinski definition) is 4. The zero-order chi connectivity index (χ0) is 22.1. The van der Waals surface area contributed by atoms with Crippen LogP contribution in [0.5, 0.6) is 0 Å². The predicted molar refractivity (Wildman–Crippen MR) is 115 cm³/mol. The van der Waals surface area contributed by atoms with Crippen molar-refractivity contribution in [2.75, 3.05) is 11.5 Å². The molecular weight excluding hydrogens is 440 g/mol. The maximum Gasteiger partial charge on any atom is 0.352 e. The zero-order valence-corrected chi connectivity index (χ0v) is 18.1. The van der Waals surface area contributed by atoms with Gasteiger partial charge in [0.1, 0.15) is 29.0 Å². The van der Waals surface area contributed by atoms with Gasteiger partial charge in [-0.05, 0) is 18.1 Å². The summed E-state index contributed by atoms with van der Waals surface area (Å²) in [6.45, 7) is 1.77. The van der Waals surface area contributed by atoms with E-state index in [9.17, 15) is 19.5 Å². The molecule has 2 aliphatic heterocycles. The number of amides is 2. The first-order valence-corrected chi connectivity index (χ1v) is 11.4. The molecule has 162 valence electrons. The number of β-lactam (4-membered cyclic amide) rings is 1. The number of carbonyl (C=O) groups excluding carboxylic acids is 2. The lowest BCUT2D eigenvalue weighted by Gasteiger charge is -2.49. The quantitative estimate of drug-likeness (QED) is 0.344. The topological polar surface area (TPSA) is 154 Å². The molecule has 1 aromatic carbocycles. The summed E-state index contributed by atoms with van der Waals surface area (Å²) in [7, 11) is 0. The van der Waals surface area contributed by atoms with Crippen LogP contribution in [0.3, 0.4) is 0 Å². The van der Waals surface area contributed by atoms with Crippen molar-refractivity contribution in [3.8, 4) is 0 Å². The highest BCUT2D eigenvalue weighted by atomic mass is 32.2. The normalized spacial score (nSPS) is 21.4. The molecule has 12 heteroatoms. The van der Waals surface area contributed by atoms with Crippen LogP contribution in [0.1, 0.15) is 17.4 Å². The summed E-state index contributed by atoms with van der Waals surface area (Å²) in [4.78, 5) is 42.7. The van der Waals surface area contributed by atoms with Crippen LogP contribution in [0.25, 0.3) is 0 Å². The van der Waals surface area contributed by atoms with Crippen LogP contribution in [-0.2, 0) is 14.4 Å². The lowest BCUT2D eigenvalue weighted by molar-refractivity contribution is -0.150. The van der Waals surface area contributed by atoms with Gasteiger partial charge in [-0.3, -0.25) is 19.6 Å². The molecule has 2 aliphatic rings. The molecule has 2 amide bonds. The van der Waals surface area contributed by atoms with Crippen molar-refractivity contribution in [1.82, 2.24) is 25.4 Å². The summed E-state index contributed by atoms with van der Waals surface area (Å²) < 4.78 is 0. The first-order valence-electron chi connectivity index (χ1n) is 9.39. The molecule has 0 bridgehead atoms. The second-order valence-electron chi connectivity index (χ2n) is 7.03. The molecule has 4 rings (SSSR count). The molecule has 3 heterocycles. The van der Waals surface area contributed by atoms with E-state index in [1.165, 1.54) is 28.4 Å². The van der Waals surface area contributed by atoms with Gasteiger partial charge in [-0.25, -0.2) is 9.78 Å². The molecule has 3 atom stereocenters. The fourth-order valence-electron chi connectivity index (χ4n) is 3.39. The van der Waals surface area contributed by atoms with Crippen LogP contribution in [-0.4, -0.2) is 65.9 Å². The summed E-state index contributed by atoms with van der Waals surface area (Å²) >= 11 is 2.71. The van der Waals surface area contributed by atoms with E-state index >= 15 is 0 Å². The van der Waals surface area contributed by atoms with E-state index in [0.29, 0.717) is 33.6 Å². The summed E-state index contributed by atoms with van der Waals surface area (Å²) in [5.74, 6) is -0.682. The lowest BCUT2D eigenvalue weighted by atomic mass is 10.0. The lowest BCUT2D eigenvalue weighted by Crippen LogP contribution is -2.71. The Bertz CT molecular complexity index is 1060. The van der Waals surface area contributed by atoms with Gasteiger partial charge in [-0.2, -0.15) is 0 Å². The predicted octanol–water partition coefficient (Wildman–Crippen LogP) is 0.644. The Morgan fingerprint density at radius 3 is 2.81 bits per heavy atom. The maximum absolute atomic E-state index is 12.8. The van der Waals surface area contributed by atoms with Crippen LogP contribution in [0.4, 0.5) is 0 Å². The average Bonchev–Trinajstić information content (AvgIpc) is 3.20. The number of aryl methyl sites for hydroxylation is 1. The molecule has 1 fully saturated rings. The Balaban J connectivity index is 1.45. The molecule has 2 aromatic rings. The Kier molecular flexibility index (Phi) is 6.03. The number of nitrogens with two attached hydrogens (primary N) is 1. The number of hydrogen-bond acceptors (Lipinski definition) is 8. The molecule has 10 nitrogen and oxygen atoms in total. The van der Waals surface area contributed by atoms with Gasteiger partial charge in [0.05, 0.1) is 0 Å². The largest absolute Gasteiger partial charge is 0.477 e. The van der Waals surface area contributed by atoms with Crippen molar-refractivity contribution >= 4 is 41.3 Å². The highest BCUT2D eigenvalue weighted by molar-refractivity contribution is 8.01. The molecule has 31 heavy (non-hydrogen) atoms. The van der Waals surface area contributed by atoms with Gasteiger partial charge in [0.15, 0.2) is 0 Å². The van der Waals surface area contributed by atoms with Gasteiger partial charge < -0.3 is 16.2 Å². The second kappa shape index (κ2) is 8.73. The van der Waals surface area contributed by atoms with Crippen LogP contribution in [0.15, 0.2) is 46.8 Å². The minimum atomic E-state index is -1.17. The number of carboxylic acid groups (broad SMARTS) is 1. The molecule has 0 radical (unpaired) electrons. The van der Waals surface area contributed by atoms with Crippen molar-refractivity contribution in [3.63, 3.8) is 0 Å². The molecule has 0 aliphatic carbocycles. The van der Waals surface area contributed by atoms with Crippen molar-refractivity contribution in [3.05, 3.63) is 53.0 Å². The molecule has 2 unspecified atom stereocenters. The zero-order valence-electron chi connectivity index (χ0n) is 16.4. The number of aliphatic carboxylic acids is 1. The third-order valence-corrected chi connectivity index (χ3v) is 7.21. The number of thioether (sulfide) groups is 2. The minimum absolute atomic E-state index is 0.0358. The highest BCUT2D eigenvalue weighted by Gasteiger charge is 2.54. The fraction of sp³-hybridized carbons (Fsp3) is 0.316. The van der Waals surface area contributed by atoms with Gasteiger partial charge in [0.25, 0.3) is 5.91 Å². The smallest absolute Gasteiger partial charge is 0.352 e. The van der Waals surface area contributed by atoms with E-state index < -0.39 is 35.2 Å². The number of aromatic amines is 1. The summed E-state index contributed by atoms with van der Waals surface area (Å²) in [5.41, 5.74) is 7.22.